The molecule has 2 aromatic heterocycles. The number of fused-ring (bicyclic) bond motifs is 1. The van der Waals surface area contributed by atoms with Crippen molar-refractivity contribution in [3.05, 3.63) is 54.4 Å². The van der Waals surface area contributed by atoms with Gasteiger partial charge in [-0.25, -0.2) is 4.98 Å². The first-order valence-corrected chi connectivity index (χ1v) is 7.54. The van der Waals surface area contributed by atoms with Crippen molar-refractivity contribution in [2.24, 2.45) is 0 Å². The smallest absolute Gasteiger partial charge is 0.137 e. The molecule has 1 aromatic carbocycles. The molecule has 3 aromatic rings. The molecule has 0 atom stereocenters. The average Bonchev–Trinajstić information content (AvgIpc) is 2.91. The number of benzene rings is 1. The first-order valence-electron chi connectivity index (χ1n) is 7.01. The van der Waals surface area contributed by atoms with Gasteiger partial charge in [-0.1, -0.05) is 6.07 Å². The molecular weight excluding hydrogens is 284 g/mol. The second kappa shape index (κ2) is 6.19. The molecule has 0 saturated carbocycles. The molecular formula is C17H17ClN2O. The molecule has 0 N–H and O–H groups in total. The summed E-state index contributed by atoms with van der Waals surface area (Å²) in [5.41, 5.74) is 4.22. The van der Waals surface area contributed by atoms with E-state index in [0.717, 1.165) is 29.1 Å². The Hall–Kier alpha value is -2.00. The van der Waals surface area contributed by atoms with Crippen LogP contribution in [-0.2, 0) is 0 Å². The van der Waals surface area contributed by atoms with Crippen molar-refractivity contribution < 1.29 is 4.74 Å². The molecule has 0 bridgehead atoms. The van der Waals surface area contributed by atoms with Gasteiger partial charge < -0.3 is 9.14 Å². The summed E-state index contributed by atoms with van der Waals surface area (Å²) in [6, 6.07) is 12.1. The Morgan fingerprint density at radius 2 is 1.90 bits per heavy atom. The van der Waals surface area contributed by atoms with E-state index in [2.05, 4.69) is 28.6 Å². The van der Waals surface area contributed by atoms with E-state index in [-0.39, 0.29) is 0 Å². The minimum Gasteiger partial charge on any atom is -0.494 e. The molecule has 0 saturated heterocycles. The van der Waals surface area contributed by atoms with Crippen molar-refractivity contribution in [3.63, 3.8) is 0 Å². The van der Waals surface area contributed by atoms with Gasteiger partial charge in [0.05, 0.1) is 12.3 Å². The summed E-state index contributed by atoms with van der Waals surface area (Å²) in [5, 5.41) is 0. The van der Waals surface area contributed by atoms with Crippen LogP contribution in [0.3, 0.4) is 0 Å². The quantitative estimate of drug-likeness (QED) is 0.518. The molecule has 4 heteroatoms. The highest BCUT2D eigenvalue weighted by Crippen LogP contribution is 2.22. The highest BCUT2D eigenvalue weighted by atomic mass is 35.5. The maximum atomic E-state index is 5.63. The summed E-state index contributed by atoms with van der Waals surface area (Å²) in [5.74, 6) is 1.49. The molecule has 0 spiro atoms. The fourth-order valence-electron chi connectivity index (χ4n) is 2.21. The van der Waals surface area contributed by atoms with E-state index in [1.165, 1.54) is 5.56 Å². The van der Waals surface area contributed by atoms with Crippen LogP contribution < -0.4 is 4.74 Å². The second-order valence-corrected chi connectivity index (χ2v) is 5.39. The van der Waals surface area contributed by atoms with Crippen LogP contribution in [0.4, 0.5) is 0 Å². The van der Waals surface area contributed by atoms with Crippen molar-refractivity contribution in [1.82, 2.24) is 9.38 Å². The molecule has 3 rings (SSSR count). The van der Waals surface area contributed by atoms with Gasteiger partial charge >= 0.3 is 0 Å². The highest BCUT2D eigenvalue weighted by molar-refractivity contribution is 6.17. The Kier molecular flexibility index (Phi) is 4.11. The maximum Gasteiger partial charge on any atom is 0.137 e. The van der Waals surface area contributed by atoms with Gasteiger partial charge in [0.25, 0.3) is 0 Å². The Morgan fingerprint density at radius 1 is 1.10 bits per heavy atom. The molecule has 108 valence electrons. The minimum absolute atomic E-state index is 0.624. The van der Waals surface area contributed by atoms with E-state index >= 15 is 0 Å². The first-order chi connectivity index (χ1) is 10.3. The molecule has 0 amide bonds. The summed E-state index contributed by atoms with van der Waals surface area (Å²) in [4.78, 5) is 4.63. The van der Waals surface area contributed by atoms with Crippen molar-refractivity contribution in [2.45, 2.75) is 13.3 Å². The first kappa shape index (κ1) is 14.0. The number of rotatable bonds is 5. The number of nitrogens with zero attached hydrogens (tertiary/aromatic N) is 2. The largest absolute Gasteiger partial charge is 0.494 e. The van der Waals surface area contributed by atoms with Crippen LogP contribution in [0.2, 0.25) is 0 Å². The van der Waals surface area contributed by atoms with Gasteiger partial charge in [0.15, 0.2) is 0 Å². The topological polar surface area (TPSA) is 26.5 Å². The average molecular weight is 301 g/mol. The number of halogens is 1. The fraction of sp³-hybridized carbons (Fsp3) is 0.235. The lowest BCUT2D eigenvalue weighted by atomic mass is 10.2. The van der Waals surface area contributed by atoms with E-state index in [9.17, 15) is 0 Å². The molecule has 0 fully saturated rings. The van der Waals surface area contributed by atoms with Crippen molar-refractivity contribution in [3.8, 4) is 17.0 Å². The molecule has 2 heterocycles. The van der Waals surface area contributed by atoms with Gasteiger partial charge in [0.2, 0.25) is 0 Å². The number of ether oxygens (including phenoxy) is 1. The van der Waals surface area contributed by atoms with Crippen LogP contribution >= 0.6 is 11.6 Å². The maximum absolute atomic E-state index is 5.63. The Bertz CT molecular complexity index is 734. The van der Waals surface area contributed by atoms with Gasteiger partial charge in [-0.3, -0.25) is 0 Å². The van der Waals surface area contributed by atoms with E-state index in [1.54, 1.807) is 0 Å². The SMILES string of the molecule is Cc1ccc2nc(-c3ccc(OCCCCl)cc3)cn2c1. The van der Waals surface area contributed by atoms with Crippen molar-refractivity contribution in [1.29, 1.82) is 0 Å². The van der Waals surface area contributed by atoms with Crippen molar-refractivity contribution in [2.75, 3.05) is 12.5 Å². The van der Waals surface area contributed by atoms with Gasteiger partial charge in [-0.2, -0.15) is 0 Å². The number of aromatic nitrogens is 2. The van der Waals surface area contributed by atoms with Gasteiger partial charge in [-0.05, 0) is 49.2 Å². The van der Waals surface area contributed by atoms with E-state index < -0.39 is 0 Å². The standard InChI is InChI=1S/C17H17ClN2O/c1-13-3-8-17-19-16(12-20(17)11-13)14-4-6-15(7-5-14)21-10-2-9-18/h3-8,11-12H,2,9-10H2,1H3. The van der Waals surface area contributed by atoms with Crippen LogP contribution in [0.1, 0.15) is 12.0 Å². The van der Waals surface area contributed by atoms with Crippen LogP contribution in [0.5, 0.6) is 5.75 Å². The van der Waals surface area contributed by atoms with E-state index in [1.807, 2.05) is 36.5 Å². The zero-order valence-electron chi connectivity index (χ0n) is 11.9. The molecule has 0 unspecified atom stereocenters. The molecule has 0 aliphatic carbocycles. The van der Waals surface area contributed by atoms with Crippen molar-refractivity contribution >= 4 is 17.2 Å². The highest BCUT2D eigenvalue weighted by Gasteiger charge is 2.04. The molecule has 0 radical (unpaired) electrons. The Balaban J connectivity index is 1.81. The van der Waals surface area contributed by atoms with Gasteiger partial charge in [-0.15, -0.1) is 11.6 Å². The van der Waals surface area contributed by atoms with Crippen LogP contribution in [0, 0.1) is 6.92 Å². The van der Waals surface area contributed by atoms with Crippen LogP contribution in [-0.4, -0.2) is 21.9 Å². The number of alkyl halides is 1. The number of aryl methyl sites for hydroxylation is 1. The lowest BCUT2D eigenvalue weighted by Gasteiger charge is -2.05. The zero-order chi connectivity index (χ0) is 14.7. The third-order valence-corrected chi connectivity index (χ3v) is 3.56. The van der Waals surface area contributed by atoms with Gasteiger partial charge in [0.1, 0.15) is 11.4 Å². The predicted molar refractivity (Wildman–Crippen MR) is 86.2 cm³/mol. The summed E-state index contributed by atoms with van der Waals surface area (Å²) in [7, 11) is 0. The van der Waals surface area contributed by atoms with Crippen LogP contribution in [0.15, 0.2) is 48.8 Å². The monoisotopic (exact) mass is 300 g/mol. The number of imidazole rings is 1. The minimum atomic E-state index is 0.624. The normalized spacial score (nSPS) is 11.0. The number of hydrogen-bond acceptors (Lipinski definition) is 2. The lowest BCUT2D eigenvalue weighted by molar-refractivity contribution is 0.318. The molecule has 21 heavy (non-hydrogen) atoms. The number of pyridine rings is 1. The second-order valence-electron chi connectivity index (χ2n) is 5.01. The summed E-state index contributed by atoms with van der Waals surface area (Å²) < 4.78 is 7.65. The Morgan fingerprint density at radius 3 is 2.67 bits per heavy atom. The van der Waals surface area contributed by atoms with E-state index in [0.29, 0.717) is 12.5 Å². The Labute approximate surface area is 129 Å². The predicted octanol–water partition coefficient (Wildman–Crippen LogP) is 4.32. The zero-order valence-corrected chi connectivity index (χ0v) is 12.7. The molecule has 0 aliphatic heterocycles. The number of hydrogen-bond donors (Lipinski definition) is 0. The molecule has 3 nitrogen and oxygen atoms in total. The molecule has 0 aliphatic rings. The third-order valence-electron chi connectivity index (χ3n) is 3.30. The van der Waals surface area contributed by atoms with Crippen LogP contribution in [0.25, 0.3) is 16.9 Å². The fourth-order valence-corrected chi connectivity index (χ4v) is 2.32. The van der Waals surface area contributed by atoms with Gasteiger partial charge in [0, 0.05) is 23.8 Å². The lowest BCUT2D eigenvalue weighted by Crippen LogP contribution is -1.97. The summed E-state index contributed by atoms with van der Waals surface area (Å²) >= 11 is 5.63. The summed E-state index contributed by atoms with van der Waals surface area (Å²) in [6.07, 6.45) is 4.98. The third kappa shape index (κ3) is 3.19. The van der Waals surface area contributed by atoms with E-state index in [4.69, 9.17) is 16.3 Å². The summed E-state index contributed by atoms with van der Waals surface area (Å²) in [6.45, 7) is 2.72.